The number of nitrogens with two attached hydrogens (primary N) is 1. The molecule has 3 rings (SSSR count). The van der Waals surface area contributed by atoms with Crippen LogP contribution in [-0.2, 0) is 0 Å². The van der Waals surface area contributed by atoms with E-state index in [1.54, 1.807) is 35.3 Å². The fraction of sp³-hybridized carbons (Fsp3) is 0. The molecule has 100 valence electrons. The van der Waals surface area contributed by atoms with Crippen molar-refractivity contribution in [2.75, 3.05) is 5.73 Å². The van der Waals surface area contributed by atoms with Crippen LogP contribution in [0.4, 0.5) is 14.5 Å². The van der Waals surface area contributed by atoms with E-state index < -0.39 is 5.82 Å². The smallest absolute Gasteiger partial charge is 0.125 e. The van der Waals surface area contributed by atoms with Crippen molar-refractivity contribution in [3.63, 3.8) is 0 Å². The Kier molecular flexibility index (Phi) is 2.95. The number of halogens is 2. The summed E-state index contributed by atoms with van der Waals surface area (Å²) in [7, 11) is 0. The highest BCUT2D eigenvalue weighted by atomic mass is 19.1. The summed E-state index contributed by atoms with van der Waals surface area (Å²) in [6.45, 7) is 0. The van der Waals surface area contributed by atoms with E-state index in [1.165, 1.54) is 24.3 Å². The van der Waals surface area contributed by atoms with Gasteiger partial charge >= 0.3 is 0 Å². The second kappa shape index (κ2) is 4.77. The predicted octanol–water partition coefficient (Wildman–Crippen LogP) is 3.40. The van der Waals surface area contributed by atoms with Gasteiger partial charge in [0.05, 0.1) is 11.9 Å². The van der Waals surface area contributed by atoms with Crippen LogP contribution in [0.15, 0.2) is 54.9 Å². The first-order chi connectivity index (χ1) is 9.61. The first-order valence-corrected chi connectivity index (χ1v) is 5.99. The summed E-state index contributed by atoms with van der Waals surface area (Å²) < 4.78 is 27.8. The molecule has 0 radical (unpaired) electrons. The molecule has 0 aliphatic rings. The fourth-order valence-electron chi connectivity index (χ4n) is 1.99. The zero-order chi connectivity index (χ0) is 14.1. The fourth-order valence-corrected chi connectivity index (χ4v) is 1.99. The van der Waals surface area contributed by atoms with Crippen molar-refractivity contribution in [2.45, 2.75) is 0 Å². The highest BCUT2D eigenvalue weighted by Crippen LogP contribution is 2.23. The van der Waals surface area contributed by atoms with E-state index in [1.807, 2.05) is 0 Å². The van der Waals surface area contributed by atoms with Gasteiger partial charge in [-0.3, -0.25) is 0 Å². The molecule has 20 heavy (non-hydrogen) atoms. The van der Waals surface area contributed by atoms with Crippen LogP contribution >= 0.6 is 0 Å². The molecule has 0 atom stereocenters. The number of nitrogens with zero attached hydrogens (tertiary/aromatic N) is 2. The Labute approximate surface area is 114 Å². The Morgan fingerprint density at radius 3 is 2.35 bits per heavy atom. The van der Waals surface area contributed by atoms with Gasteiger partial charge < -0.3 is 5.73 Å². The number of hydrogen-bond acceptors (Lipinski definition) is 2. The Morgan fingerprint density at radius 1 is 0.900 bits per heavy atom. The lowest BCUT2D eigenvalue weighted by Crippen LogP contribution is -1.93. The summed E-state index contributed by atoms with van der Waals surface area (Å²) in [6.07, 6.45) is 3.35. The largest absolute Gasteiger partial charge is 0.399 e. The van der Waals surface area contributed by atoms with Crippen LogP contribution in [0.25, 0.3) is 16.8 Å². The molecule has 0 saturated carbocycles. The van der Waals surface area contributed by atoms with Crippen molar-refractivity contribution in [2.24, 2.45) is 0 Å². The topological polar surface area (TPSA) is 43.8 Å². The summed E-state index contributed by atoms with van der Waals surface area (Å²) in [6, 6.07) is 10.3. The van der Waals surface area contributed by atoms with E-state index in [9.17, 15) is 8.78 Å². The summed E-state index contributed by atoms with van der Waals surface area (Å²) in [4.78, 5) is 0. The molecule has 0 aliphatic heterocycles. The van der Waals surface area contributed by atoms with E-state index in [2.05, 4.69) is 5.10 Å². The third-order valence-corrected chi connectivity index (χ3v) is 2.93. The predicted molar refractivity (Wildman–Crippen MR) is 73.3 cm³/mol. The standard InChI is InChI=1S/C15H11F2N3/c16-12-1-3-15(4-2-12)20-9-11(8-19-20)10-5-13(17)7-14(18)6-10/h1-9H,18H2. The first-order valence-electron chi connectivity index (χ1n) is 5.99. The van der Waals surface area contributed by atoms with Gasteiger partial charge in [-0.2, -0.15) is 5.10 Å². The van der Waals surface area contributed by atoms with Crippen molar-refractivity contribution in [3.8, 4) is 16.8 Å². The van der Waals surface area contributed by atoms with Gasteiger partial charge in [0.15, 0.2) is 0 Å². The number of nitrogen functional groups attached to an aromatic ring is 1. The molecule has 2 aromatic carbocycles. The van der Waals surface area contributed by atoms with Crippen molar-refractivity contribution in [3.05, 3.63) is 66.5 Å². The lowest BCUT2D eigenvalue weighted by Gasteiger charge is -2.01. The zero-order valence-electron chi connectivity index (χ0n) is 10.4. The summed E-state index contributed by atoms with van der Waals surface area (Å²) in [5, 5.41) is 4.18. The lowest BCUT2D eigenvalue weighted by atomic mass is 10.1. The molecule has 3 nitrogen and oxygen atoms in total. The van der Waals surface area contributed by atoms with E-state index in [4.69, 9.17) is 5.73 Å². The maximum absolute atomic E-state index is 13.3. The SMILES string of the molecule is Nc1cc(F)cc(-c2cnn(-c3ccc(F)cc3)c2)c1. The van der Waals surface area contributed by atoms with Crippen LogP contribution < -0.4 is 5.73 Å². The molecular formula is C15H11F2N3. The zero-order valence-corrected chi connectivity index (χ0v) is 10.4. The number of hydrogen-bond donors (Lipinski definition) is 1. The average molecular weight is 271 g/mol. The molecule has 1 aromatic heterocycles. The summed E-state index contributed by atoms with van der Waals surface area (Å²) in [5.41, 5.74) is 8.09. The number of benzene rings is 2. The van der Waals surface area contributed by atoms with Gasteiger partial charge in [0.2, 0.25) is 0 Å². The second-order valence-electron chi connectivity index (χ2n) is 4.42. The third-order valence-electron chi connectivity index (χ3n) is 2.93. The highest BCUT2D eigenvalue weighted by Gasteiger charge is 2.06. The van der Waals surface area contributed by atoms with Gasteiger partial charge in [-0.05, 0) is 48.0 Å². The van der Waals surface area contributed by atoms with Crippen LogP contribution in [0.3, 0.4) is 0 Å². The van der Waals surface area contributed by atoms with Gasteiger partial charge in [0.1, 0.15) is 11.6 Å². The monoisotopic (exact) mass is 271 g/mol. The van der Waals surface area contributed by atoms with Crippen LogP contribution in [0.1, 0.15) is 0 Å². The molecule has 2 N–H and O–H groups in total. The van der Waals surface area contributed by atoms with Crippen LogP contribution in [0.5, 0.6) is 0 Å². The lowest BCUT2D eigenvalue weighted by molar-refractivity contribution is 0.627. The quantitative estimate of drug-likeness (QED) is 0.726. The average Bonchev–Trinajstić information content (AvgIpc) is 2.88. The molecule has 3 aromatic rings. The summed E-state index contributed by atoms with van der Waals surface area (Å²) >= 11 is 0. The van der Waals surface area contributed by atoms with E-state index in [0.717, 1.165) is 11.3 Å². The number of anilines is 1. The van der Waals surface area contributed by atoms with Crippen molar-refractivity contribution in [1.29, 1.82) is 0 Å². The molecule has 0 aliphatic carbocycles. The molecule has 5 heteroatoms. The van der Waals surface area contributed by atoms with Crippen LogP contribution in [-0.4, -0.2) is 9.78 Å². The number of rotatable bonds is 2. The molecule has 0 bridgehead atoms. The molecule has 1 heterocycles. The minimum atomic E-state index is -0.394. The summed E-state index contributed by atoms with van der Waals surface area (Å²) in [5.74, 6) is -0.700. The van der Waals surface area contributed by atoms with E-state index in [0.29, 0.717) is 11.3 Å². The molecule has 0 amide bonds. The second-order valence-corrected chi connectivity index (χ2v) is 4.42. The first kappa shape index (κ1) is 12.3. The molecule has 0 saturated heterocycles. The van der Waals surface area contributed by atoms with Gasteiger partial charge in [-0.1, -0.05) is 0 Å². The Balaban J connectivity index is 1.99. The van der Waals surface area contributed by atoms with E-state index in [-0.39, 0.29) is 5.82 Å². The van der Waals surface area contributed by atoms with Gasteiger partial charge in [-0.15, -0.1) is 0 Å². The Bertz CT molecular complexity index is 728. The normalized spacial score (nSPS) is 10.7. The third kappa shape index (κ3) is 2.38. The Morgan fingerprint density at radius 2 is 1.65 bits per heavy atom. The molecule has 0 unspecified atom stereocenters. The van der Waals surface area contributed by atoms with Gasteiger partial charge in [0, 0.05) is 17.4 Å². The maximum Gasteiger partial charge on any atom is 0.125 e. The maximum atomic E-state index is 13.3. The van der Waals surface area contributed by atoms with E-state index >= 15 is 0 Å². The molecule has 0 fully saturated rings. The van der Waals surface area contributed by atoms with Crippen LogP contribution in [0.2, 0.25) is 0 Å². The van der Waals surface area contributed by atoms with Crippen molar-refractivity contribution in [1.82, 2.24) is 9.78 Å². The molecular weight excluding hydrogens is 260 g/mol. The van der Waals surface area contributed by atoms with Gasteiger partial charge in [0.25, 0.3) is 0 Å². The minimum Gasteiger partial charge on any atom is -0.399 e. The Hall–Kier alpha value is -2.69. The van der Waals surface area contributed by atoms with Crippen molar-refractivity contribution >= 4 is 5.69 Å². The minimum absolute atomic E-state index is 0.306. The highest BCUT2D eigenvalue weighted by molar-refractivity contribution is 5.66. The van der Waals surface area contributed by atoms with Gasteiger partial charge in [-0.25, -0.2) is 13.5 Å². The number of aromatic nitrogens is 2. The van der Waals surface area contributed by atoms with Crippen LogP contribution in [0, 0.1) is 11.6 Å². The molecule has 0 spiro atoms. The van der Waals surface area contributed by atoms with Crippen molar-refractivity contribution < 1.29 is 8.78 Å².